The molecule has 0 unspecified atom stereocenters. The van der Waals surface area contributed by atoms with Crippen molar-refractivity contribution in [2.45, 2.75) is 12.5 Å². The van der Waals surface area contributed by atoms with E-state index in [2.05, 4.69) is 10.6 Å². The monoisotopic (exact) mass is 378 g/mol. The van der Waals surface area contributed by atoms with Crippen molar-refractivity contribution in [2.75, 3.05) is 12.1 Å². The number of carbonyl (C=O) groups excluding carboxylic acids is 2. The number of hydrogen-bond acceptors (Lipinski definition) is 5. The smallest absolute Gasteiger partial charge is 0.287 e. The third kappa shape index (κ3) is 3.98. The lowest BCUT2D eigenvalue weighted by Gasteiger charge is -2.18. The summed E-state index contributed by atoms with van der Waals surface area (Å²) in [6, 6.07) is 17.0. The quantitative estimate of drug-likeness (QED) is 0.688. The van der Waals surface area contributed by atoms with E-state index >= 15 is 0 Å². The predicted molar refractivity (Wildman–Crippen MR) is 101 cm³/mol. The highest BCUT2D eigenvalue weighted by Crippen LogP contribution is 2.34. The molecule has 0 fully saturated rings. The summed E-state index contributed by atoms with van der Waals surface area (Å²) in [7, 11) is 0. The van der Waals surface area contributed by atoms with Crippen LogP contribution in [0.25, 0.3) is 0 Å². The van der Waals surface area contributed by atoms with E-state index in [1.807, 2.05) is 30.3 Å². The Bertz CT molecular complexity index is 970. The minimum atomic E-state index is -0.787. The molecule has 1 aromatic heterocycles. The molecule has 28 heavy (non-hydrogen) atoms. The van der Waals surface area contributed by atoms with E-state index in [9.17, 15) is 9.59 Å². The molecule has 2 aromatic carbocycles. The zero-order chi connectivity index (χ0) is 19.3. The summed E-state index contributed by atoms with van der Waals surface area (Å²) in [4.78, 5) is 25.3. The van der Waals surface area contributed by atoms with Gasteiger partial charge in [-0.1, -0.05) is 30.3 Å². The normalized spacial score (nSPS) is 13.0. The van der Waals surface area contributed by atoms with Crippen molar-refractivity contribution in [1.82, 2.24) is 5.32 Å². The van der Waals surface area contributed by atoms with Gasteiger partial charge < -0.3 is 24.5 Å². The number of hydrogen-bond donors (Lipinski definition) is 2. The second-order valence-corrected chi connectivity index (χ2v) is 6.25. The van der Waals surface area contributed by atoms with Crippen molar-refractivity contribution in [1.29, 1.82) is 0 Å². The highest BCUT2D eigenvalue weighted by Gasteiger charge is 2.24. The lowest BCUT2D eigenvalue weighted by Crippen LogP contribution is -2.45. The third-order valence-electron chi connectivity index (χ3n) is 4.29. The zero-order valence-corrected chi connectivity index (χ0v) is 14.9. The Morgan fingerprint density at radius 3 is 2.57 bits per heavy atom. The summed E-state index contributed by atoms with van der Waals surface area (Å²) >= 11 is 0. The lowest BCUT2D eigenvalue weighted by molar-refractivity contribution is -0.118. The van der Waals surface area contributed by atoms with Gasteiger partial charge in [-0.2, -0.15) is 0 Å². The van der Waals surface area contributed by atoms with E-state index in [1.54, 1.807) is 30.3 Å². The van der Waals surface area contributed by atoms with Gasteiger partial charge in [-0.3, -0.25) is 9.59 Å². The van der Waals surface area contributed by atoms with E-state index in [-0.39, 0.29) is 18.5 Å². The molecule has 2 heterocycles. The maximum atomic E-state index is 12.9. The van der Waals surface area contributed by atoms with E-state index in [0.717, 1.165) is 5.56 Å². The maximum absolute atomic E-state index is 12.9. The molecule has 0 radical (unpaired) electrons. The summed E-state index contributed by atoms with van der Waals surface area (Å²) in [5.74, 6) is 0.547. The summed E-state index contributed by atoms with van der Waals surface area (Å²) < 4.78 is 15.7. The molecule has 0 saturated heterocycles. The van der Waals surface area contributed by atoms with Crippen LogP contribution in [-0.2, 0) is 11.2 Å². The number of benzene rings is 2. The van der Waals surface area contributed by atoms with Crippen LogP contribution in [0.4, 0.5) is 5.69 Å². The molecule has 2 N–H and O–H groups in total. The molecule has 142 valence electrons. The van der Waals surface area contributed by atoms with Crippen molar-refractivity contribution in [3.63, 3.8) is 0 Å². The first-order valence-corrected chi connectivity index (χ1v) is 8.78. The molecular weight excluding hydrogens is 360 g/mol. The van der Waals surface area contributed by atoms with Gasteiger partial charge in [-0.05, 0) is 29.8 Å². The van der Waals surface area contributed by atoms with Crippen LogP contribution in [0.15, 0.2) is 71.3 Å². The SMILES string of the molecule is O=C(N[C@H](Cc1ccccc1)C(=O)Nc1ccc2c(c1)OCO2)c1ccco1. The first kappa shape index (κ1) is 17.7. The lowest BCUT2D eigenvalue weighted by atomic mass is 10.0. The second kappa shape index (κ2) is 7.87. The predicted octanol–water partition coefficient (Wildman–Crippen LogP) is 2.99. The summed E-state index contributed by atoms with van der Waals surface area (Å²) in [6.07, 6.45) is 1.75. The van der Waals surface area contributed by atoms with Crippen LogP contribution < -0.4 is 20.1 Å². The Morgan fingerprint density at radius 2 is 1.79 bits per heavy atom. The molecule has 7 heteroatoms. The first-order chi connectivity index (χ1) is 13.7. The van der Waals surface area contributed by atoms with Crippen LogP contribution in [0.1, 0.15) is 16.1 Å². The van der Waals surface area contributed by atoms with Crippen molar-refractivity contribution in [3.05, 3.63) is 78.3 Å². The van der Waals surface area contributed by atoms with Gasteiger partial charge in [0.15, 0.2) is 17.3 Å². The molecular formula is C21H18N2O5. The summed E-state index contributed by atoms with van der Waals surface area (Å²) in [6.45, 7) is 0.155. The van der Waals surface area contributed by atoms with Gasteiger partial charge in [0.25, 0.3) is 5.91 Å². The van der Waals surface area contributed by atoms with Gasteiger partial charge in [0.2, 0.25) is 12.7 Å². The average molecular weight is 378 g/mol. The molecule has 1 aliphatic heterocycles. The molecule has 1 atom stereocenters. The molecule has 0 saturated carbocycles. The fourth-order valence-electron chi connectivity index (χ4n) is 2.90. The highest BCUT2D eigenvalue weighted by molar-refractivity contribution is 6.00. The van der Waals surface area contributed by atoms with E-state index in [1.165, 1.54) is 6.26 Å². The number of carbonyl (C=O) groups is 2. The minimum absolute atomic E-state index is 0.147. The van der Waals surface area contributed by atoms with Crippen molar-refractivity contribution < 1.29 is 23.5 Å². The third-order valence-corrected chi connectivity index (χ3v) is 4.29. The van der Waals surface area contributed by atoms with Crippen molar-refractivity contribution in [3.8, 4) is 11.5 Å². The van der Waals surface area contributed by atoms with Gasteiger partial charge in [0.05, 0.1) is 6.26 Å². The second-order valence-electron chi connectivity index (χ2n) is 6.25. The molecule has 4 rings (SSSR count). The van der Waals surface area contributed by atoms with Crippen LogP contribution >= 0.6 is 0 Å². The van der Waals surface area contributed by atoms with Gasteiger partial charge in [-0.25, -0.2) is 0 Å². The summed E-state index contributed by atoms with van der Waals surface area (Å²) in [5, 5.41) is 5.56. The number of nitrogens with one attached hydrogen (secondary N) is 2. The standard InChI is InChI=1S/C21H18N2O5/c24-20(22-15-8-9-17-19(12-15)28-13-27-17)16(11-14-5-2-1-3-6-14)23-21(25)18-7-4-10-26-18/h1-10,12,16H,11,13H2,(H,22,24)(H,23,25)/t16-/m1/s1. The van der Waals surface area contributed by atoms with Gasteiger partial charge >= 0.3 is 0 Å². The first-order valence-electron chi connectivity index (χ1n) is 8.78. The number of fused-ring (bicyclic) bond motifs is 1. The van der Waals surface area contributed by atoms with Crippen molar-refractivity contribution >= 4 is 17.5 Å². The Morgan fingerprint density at radius 1 is 0.964 bits per heavy atom. The van der Waals surface area contributed by atoms with Gasteiger partial charge in [0.1, 0.15) is 6.04 Å². The largest absolute Gasteiger partial charge is 0.459 e. The average Bonchev–Trinajstić information content (AvgIpc) is 3.40. The van der Waals surface area contributed by atoms with Crippen LogP contribution in [-0.4, -0.2) is 24.6 Å². The van der Waals surface area contributed by atoms with Crippen LogP contribution in [0, 0.1) is 0 Å². The van der Waals surface area contributed by atoms with Crippen LogP contribution in [0.2, 0.25) is 0 Å². The molecule has 0 spiro atoms. The number of furan rings is 1. The van der Waals surface area contributed by atoms with Gasteiger partial charge in [-0.15, -0.1) is 0 Å². The number of rotatable bonds is 6. The van der Waals surface area contributed by atoms with E-state index in [0.29, 0.717) is 23.6 Å². The van der Waals surface area contributed by atoms with Crippen LogP contribution in [0.3, 0.4) is 0 Å². The minimum Gasteiger partial charge on any atom is -0.459 e. The highest BCUT2D eigenvalue weighted by atomic mass is 16.7. The topological polar surface area (TPSA) is 89.8 Å². The Labute approximate surface area is 161 Å². The Kier molecular flexibility index (Phi) is 4.97. The van der Waals surface area contributed by atoms with E-state index in [4.69, 9.17) is 13.9 Å². The summed E-state index contributed by atoms with van der Waals surface area (Å²) in [5.41, 5.74) is 1.48. The molecule has 0 aliphatic carbocycles. The molecule has 1 aliphatic rings. The van der Waals surface area contributed by atoms with Crippen molar-refractivity contribution in [2.24, 2.45) is 0 Å². The van der Waals surface area contributed by atoms with Gasteiger partial charge in [0, 0.05) is 18.2 Å². The molecule has 3 aromatic rings. The Hall–Kier alpha value is -3.74. The molecule has 0 bridgehead atoms. The number of anilines is 1. The number of ether oxygens (including phenoxy) is 2. The fourth-order valence-corrected chi connectivity index (χ4v) is 2.90. The fraction of sp³-hybridized carbons (Fsp3) is 0.143. The molecule has 7 nitrogen and oxygen atoms in total. The van der Waals surface area contributed by atoms with Crippen LogP contribution in [0.5, 0.6) is 11.5 Å². The zero-order valence-electron chi connectivity index (χ0n) is 14.9. The Balaban J connectivity index is 1.51. The molecule has 2 amide bonds. The number of amides is 2. The van der Waals surface area contributed by atoms with E-state index < -0.39 is 11.9 Å². The maximum Gasteiger partial charge on any atom is 0.287 e.